The summed E-state index contributed by atoms with van der Waals surface area (Å²) in [5.41, 5.74) is 0.590. The van der Waals surface area contributed by atoms with E-state index in [9.17, 15) is 14.7 Å². The Labute approximate surface area is 130 Å². The van der Waals surface area contributed by atoms with Gasteiger partial charge in [-0.15, -0.1) is 0 Å². The number of hydrogen-bond acceptors (Lipinski definition) is 3. The lowest BCUT2D eigenvalue weighted by molar-refractivity contribution is -0.145. The van der Waals surface area contributed by atoms with Crippen molar-refractivity contribution in [2.45, 2.75) is 52.6 Å². The van der Waals surface area contributed by atoms with Crippen LogP contribution < -0.4 is 4.74 Å². The van der Waals surface area contributed by atoms with Crippen LogP contribution >= 0.6 is 0 Å². The molecule has 2 unspecified atom stereocenters. The van der Waals surface area contributed by atoms with E-state index in [0.29, 0.717) is 24.2 Å². The highest BCUT2D eigenvalue weighted by atomic mass is 16.5. The van der Waals surface area contributed by atoms with Crippen LogP contribution in [0.2, 0.25) is 0 Å². The van der Waals surface area contributed by atoms with Crippen molar-refractivity contribution >= 4 is 11.9 Å². The Morgan fingerprint density at radius 1 is 1.09 bits per heavy atom. The van der Waals surface area contributed by atoms with Crippen LogP contribution in [0.1, 0.15) is 52.0 Å². The van der Waals surface area contributed by atoms with Crippen LogP contribution in [0.3, 0.4) is 0 Å². The number of benzene rings is 1. The van der Waals surface area contributed by atoms with Gasteiger partial charge in [0.15, 0.2) is 6.10 Å². The van der Waals surface area contributed by atoms with Crippen molar-refractivity contribution in [1.82, 2.24) is 0 Å². The maximum Gasteiger partial charge on any atom is 0.344 e. The molecule has 1 aromatic rings. The van der Waals surface area contributed by atoms with E-state index in [1.54, 1.807) is 31.2 Å². The van der Waals surface area contributed by atoms with Crippen molar-refractivity contribution in [3.05, 3.63) is 29.8 Å². The molecule has 0 fully saturated rings. The molecule has 0 radical (unpaired) electrons. The standard InChI is InChI=1S/C17H24O5/c1-5-14(16(20)21)22-12-8-6-11(7-9-12)13(15(18)19)10-17(2,3)4/h6-9,13-14H,5,10H2,1-4H3,(H,18,19)(H,20,21). The monoisotopic (exact) mass is 308 g/mol. The van der Waals surface area contributed by atoms with E-state index in [4.69, 9.17) is 9.84 Å². The van der Waals surface area contributed by atoms with Crippen molar-refractivity contribution in [2.75, 3.05) is 0 Å². The minimum absolute atomic E-state index is 0.102. The third-order valence-corrected chi connectivity index (χ3v) is 3.32. The molecule has 0 bridgehead atoms. The lowest BCUT2D eigenvalue weighted by atomic mass is 9.81. The molecule has 0 aliphatic carbocycles. The normalized spacial score (nSPS) is 14.2. The summed E-state index contributed by atoms with van der Waals surface area (Å²) in [6.45, 7) is 7.73. The fourth-order valence-corrected chi connectivity index (χ4v) is 2.21. The number of hydrogen-bond donors (Lipinski definition) is 2. The van der Waals surface area contributed by atoms with Crippen LogP contribution in [-0.2, 0) is 9.59 Å². The SMILES string of the molecule is CCC(Oc1ccc(C(CC(C)(C)C)C(=O)O)cc1)C(=O)O. The summed E-state index contributed by atoms with van der Waals surface area (Å²) in [5.74, 6) is -2.03. The first kappa shape index (κ1) is 18.0. The van der Waals surface area contributed by atoms with Crippen LogP contribution in [0.4, 0.5) is 0 Å². The van der Waals surface area contributed by atoms with Crippen LogP contribution in [0, 0.1) is 5.41 Å². The Morgan fingerprint density at radius 3 is 2.00 bits per heavy atom. The highest BCUT2D eigenvalue weighted by molar-refractivity contribution is 5.76. The van der Waals surface area contributed by atoms with Crippen molar-refractivity contribution in [2.24, 2.45) is 5.41 Å². The quantitative estimate of drug-likeness (QED) is 0.805. The van der Waals surface area contributed by atoms with Gasteiger partial charge in [-0.05, 0) is 36.0 Å². The molecular formula is C17H24O5. The van der Waals surface area contributed by atoms with Gasteiger partial charge in [-0.25, -0.2) is 4.79 Å². The lowest BCUT2D eigenvalue weighted by Gasteiger charge is -2.23. The molecule has 2 atom stereocenters. The maximum atomic E-state index is 11.5. The van der Waals surface area contributed by atoms with Crippen LogP contribution in [0.25, 0.3) is 0 Å². The van der Waals surface area contributed by atoms with Gasteiger partial charge >= 0.3 is 11.9 Å². The predicted molar refractivity (Wildman–Crippen MR) is 83.2 cm³/mol. The second-order valence-electron chi connectivity index (χ2n) is 6.58. The van der Waals surface area contributed by atoms with Gasteiger partial charge in [0.2, 0.25) is 0 Å². The Balaban J connectivity index is 2.90. The van der Waals surface area contributed by atoms with Crippen molar-refractivity contribution < 1.29 is 24.5 Å². The minimum atomic E-state index is -1.01. The number of carbonyl (C=O) groups is 2. The fourth-order valence-electron chi connectivity index (χ4n) is 2.21. The first-order valence-electron chi connectivity index (χ1n) is 7.36. The second kappa shape index (κ2) is 7.29. The molecule has 5 nitrogen and oxygen atoms in total. The summed E-state index contributed by atoms with van der Waals surface area (Å²) in [7, 11) is 0. The molecule has 122 valence electrons. The molecule has 0 heterocycles. The number of ether oxygens (including phenoxy) is 1. The summed E-state index contributed by atoms with van der Waals surface area (Å²) in [4.78, 5) is 22.4. The Kier molecular flexibility index (Phi) is 5.97. The van der Waals surface area contributed by atoms with E-state index in [0.717, 1.165) is 0 Å². The topological polar surface area (TPSA) is 83.8 Å². The molecule has 0 aromatic heterocycles. The first-order chi connectivity index (χ1) is 10.1. The van der Waals surface area contributed by atoms with Crippen LogP contribution in [0.5, 0.6) is 5.75 Å². The molecule has 2 N–H and O–H groups in total. The van der Waals surface area contributed by atoms with E-state index >= 15 is 0 Å². The molecule has 0 saturated carbocycles. The van der Waals surface area contributed by atoms with Crippen LogP contribution in [-0.4, -0.2) is 28.3 Å². The molecule has 0 spiro atoms. The average molecular weight is 308 g/mol. The minimum Gasteiger partial charge on any atom is -0.481 e. The molecule has 1 aromatic carbocycles. The predicted octanol–water partition coefficient (Wildman–Crippen LogP) is 3.53. The molecule has 0 aliphatic rings. The Hall–Kier alpha value is -2.04. The van der Waals surface area contributed by atoms with E-state index in [-0.39, 0.29) is 5.41 Å². The zero-order valence-electron chi connectivity index (χ0n) is 13.5. The zero-order chi connectivity index (χ0) is 16.9. The average Bonchev–Trinajstić information content (AvgIpc) is 2.41. The van der Waals surface area contributed by atoms with Crippen molar-refractivity contribution in [1.29, 1.82) is 0 Å². The highest BCUT2D eigenvalue weighted by Crippen LogP contribution is 2.32. The Bertz CT molecular complexity index is 513. The third-order valence-electron chi connectivity index (χ3n) is 3.32. The summed E-state index contributed by atoms with van der Waals surface area (Å²) >= 11 is 0. The molecule has 0 saturated heterocycles. The number of carboxylic acid groups (broad SMARTS) is 2. The molecule has 5 heteroatoms. The summed E-state index contributed by atoms with van der Waals surface area (Å²) in [6, 6.07) is 6.63. The van der Waals surface area contributed by atoms with Gasteiger partial charge in [-0.1, -0.05) is 39.8 Å². The highest BCUT2D eigenvalue weighted by Gasteiger charge is 2.26. The van der Waals surface area contributed by atoms with Crippen molar-refractivity contribution in [3.8, 4) is 5.75 Å². The smallest absolute Gasteiger partial charge is 0.344 e. The van der Waals surface area contributed by atoms with Gasteiger partial charge in [0.1, 0.15) is 5.75 Å². The molecule has 22 heavy (non-hydrogen) atoms. The molecular weight excluding hydrogens is 284 g/mol. The zero-order valence-corrected chi connectivity index (χ0v) is 13.5. The fraction of sp³-hybridized carbons (Fsp3) is 0.529. The van der Waals surface area contributed by atoms with E-state index in [2.05, 4.69) is 0 Å². The molecule has 0 amide bonds. The number of rotatable bonds is 7. The molecule has 1 rings (SSSR count). The van der Waals surface area contributed by atoms with Gasteiger partial charge in [-0.2, -0.15) is 0 Å². The van der Waals surface area contributed by atoms with Crippen LogP contribution in [0.15, 0.2) is 24.3 Å². The van der Waals surface area contributed by atoms with Gasteiger partial charge in [0.05, 0.1) is 5.92 Å². The van der Waals surface area contributed by atoms with Crippen molar-refractivity contribution in [3.63, 3.8) is 0 Å². The van der Waals surface area contributed by atoms with E-state index in [1.807, 2.05) is 20.8 Å². The lowest BCUT2D eigenvalue weighted by Crippen LogP contribution is -2.25. The number of carboxylic acids is 2. The first-order valence-corrected chi connectivity index (χ1v) is 7.36. The molecule has 0 aliphatic heterocycles. The summed E-state index contributed by atoms with van der Waals surface area (Å²) in [6.07, 6.45) is -0.00983. The van der Waals surface area contributed by atoms with E-state index in [1.165, 1.54) is 0 Å². The largest absolute Gasteiger partial charge is 0.481 e. The number of aliphatic carboxylic acids is 2. The third kappa shape index (κ3) is 5.39. The van der Waals surface area contributed by atoms with Gasteiger partial charge in [-0.3, -0.25) is 4.79 Å². The second-order valence-corrected chi connectivity index (χ2v) is 6.58. The summed E-state index contributed by atoms with van der Waals surface area (Å²) in [5, 5.41) is 18.4. The Morgan fingerprint density at radius 2 is 1.64 bits per heavy atom. The van der Waals surface area contributed by atoms with Gasteiger partial charge in [0.25, 0.3) is 0 Å². The van der Waals surface area contributed by atoms with E-state index < -0.39 is 24.0 Å². The maximum absolute atomic E-state index is 11.5. The van der Waals surface area contributed by atoms with Gasteiger partial charge < -0.3 is 14.9 Å². The summed E-state index contributed by atoms with van der Waals surface area (Å²) < 4.78 is 5.37. The van der Waals surface area contributed by atoms with Gasteiger partial charge in [0, 0.05) is 0 Å².